The quantitative estimate of drug-likeness (QED) is 0.691. The van der Waals surface area contributed by atoms with Crippen LogP contribution < -0.4 is 5.73 Å². The second kappa shape index (κ2) is 3.32. The van der Waals surface area contributed by atoms with Gasteiger partial charge in [-0.3, -0.25) is 0 Å². The first-order valence-corrected chi connectivity index (χ1v) is 3.84. The summed E-state index contributed by atoms with van der Waals surface area (Å²) in [5, 5.41) is 10.8. The molecule has 65 valence electrons. The predicted octanol–water partition coefficient (Wildman–Crippen LogP) is -0.0788. The Morgan fingerprint density at radius 3 is 2.92 bits per heavy atom. The zero-order chi connectivity index (χ0) is 9.10. The van der Waals surface area contributed by atoms with Gasteiger partial charge in [-0.15, -0.1) is 5.10 Å². The summed E-state index contributed by atoms with van der Waals surface area (Å²) in [6.45, 7) is 0.520. The van der Waals surface area contributed by atoms with Crippen LogP contribution in [0.15, 0.2) is 24.5 Å². The molecule has 1 aromatic heterocycles. The monoisotopic (exact) mass is 174 g/mol. The van der Waals surface area contributed by atoms with E-state index in [-0.39, 0.29) is 0 Å². The van der Waals surface area contributed by atoms with E-state index in [4.69, 9.17) is 5.73 Å². The van der Waals surface area contributed by atoms with Gasteiger partial charge in [0, 0.05) is 12.6 Å². The van der Waals surface area contributed by atoms with Crippen molar-refractivity contribution < 1.29 is 0 Å². The minimum absolute atomic E-state index is 0.520. The minimum atomic E-state index is 0.520. The van der Waals surface area contributed by atoms with Crippen LogP contribution in [0.5, 0.6) is 0 Å². The minimum Gasteiger partial charge on any atom is -0.326 e. The normalized spacial score (nSPS) is 10.2. The van der Waals surface area contributed by atoms with Crippen LogP contribution in [-0.4, -0.2) is 20.2 Å². The Morgan fingerprint density at radius 2 is 2.38 bits per heavy atom. The van der Waals surface area contributed by atoms with Gasteiger partial charge in [0.2, 0.25) is 0 Å². The molecular formula is C8H8N5. The molecule has 5 nitrogen and oxygen atoms in total. The highest BCUT2D eigenvalue weighted by Gasteiger charge is 1.96. The third-order valence-electron chi connectivity index (χ3n) is 1.69. The van der Waals surface area contributed by atoms with Gasteiger partial charge in [-0.25, -0.2) is 0 Å². The highest BCUT2D eigenvalue weighted by Crippen LogP contribution is 2.05. The van der Waals surface area contributed by atoms with Crippen LogP contribution in [0, 0.1) is 6.07 Å². The molecule has 5 heteroatoms. The Labute approximate surface area is 75.2 Å². The standard InChI is InChI=1S/C8H8N5/c9-5-7-1-3-8(4-2-7)13-6-10-11-12-13/h1-3,6H,5,9H2. The molecule has 0 fully saturated rings. The first-order chi connectivity index (χ1) is 6.40. The Hall–Kier alpha value is -1.75. The van der Waals surface area contributed by atoms with Crippen LogP contribution in [0.2, 0.25) is 0 Å². The van der Waals surface area contributed by atoms with E-state index in [0.29, 0.717) is 6.54 Å². The third-order valence-corrected chi connectivity index (χ3v) is 1.69. The van der Waals surface area contributed by atoms with E-state index in [2.05, 4.69) is 21.6 Å². The van der Waals surface area contributed by atoms with E-state index in [1.54, 1.807) is 4.68 Å². The summed E-state index contributed by atoms with van der Waals surface area (Å²) in [5.74, 6) is 0. The Bertz CT molecular complexity index is 364. The van der Waals surface area contributed by atoms with Gasteiger partial charge in [0.1, 0.15) is 6.33 Å². The van der Waals surface area contributed by atoms with Crippen molar-refractivity contribution in [2.75, 3.05) is 0 Å². The van der Waals surface area contributed by atoms with Crippen molar-refractivity contribution in [3.63, 3.8) is 0 Å². The van der Waals surface area contributed by atoms with Gasteiger partial charge >= 0.3 is 0 Å². The zero-order valence-electron chi connectivity index (χ0n) is 6.88. The molecule has 2 N–H and O–H groups in total. The Balaban J connectivity index is 2.33. The van der Waals surface area contributed by atoms with Crippen molar-refractivity contribution in [2.24, 2.45) is 5.73 Å². The molecule has 13 heavy (non-hydrogen) atoms. The molecule has 0 aliphatic rings. The second-order valence-electron chi connectivity index (χ2n) is 2.54. The van der Waals surface area contributed by atoms with Crippen molar-refractivity contribution in [1.82, 2.24) is 20.2 Å². The summed E-state index contributed by atoms with van der Waals surface area (Å²) in [7, 11) is 0. The smallest absolute Gasteiger partial charge is 0.143 e. The zero-order valence-corrected chi connectivity index (χ0v) is 6.88. The second-order valence-corrected chi connectivity index (χ2v) is 2.54. The van der Waals surface area contributed by atoms with Crippen molar-refractivity contribution in [3.05, 3.63) is 36.2 Å². The number of tetrazole rings is 1. The molecule has 1 aromatic carbocycles. The van der Waals surface area contributed by atoms with E-state index >= 15 is 0 Å². The molecule has 0 bridgehead atoms. The highest BCUT2D eigenvalue weighted by molar-refractivity contribution is 5.31. The lowest BCUT2D eigenvalue weighted by atomic mass is 10.2. The van der Waals surface area contributed by atoms with Crippen molar-refractivity contribution in [2.45, 2.75) is 6.54 Å². The molecule has 0 saturated heterocycles. The average Bonchev–Trinajstić information content (AvgIpc) is 2.71. The lowest BCUT2D eigenvalue weighted by Crippen LogP contribution is -1.98. The van der Waals surface area contributed by atoms with E-state index in [0.717, 1.165) is 11.3 Å². The topological polar surface area (TPSA) is 69.6 Å². The molecule has 0 unspecified atom stereocenters. The molecule has 1 heterocycles. The van der Waals surface area contributed by atoms with Gasteiger partial charge in [0.15, 0.2) is 0 Å². The summed E-state index contributed by atoms with van der Waals surface area (Å²) in [4.78, 5) is 0. The molecule has 0 atom stereocenters. The van der Waals surface area contributed by atoms with Crippen molar-refractivity contribution >= 4 is 0 Å². The number of hydrogen-bond acceptors (Lipinski definition) is 4. The lowest BCUT2D eigenvalue weighted by Gasteiger charge is -1.99. The number of aromatic nitrogens is 4. The molecule has 0 saturated carbocycles. The fourth-order valence-corrected chi connectivity index (χ4v) is 0.990. The molecule has 0 aliphatic carbocycles. The third kappa shape index (κ3) is 1.54. The molecule has 2 aromatic rings. The summed E-state index contributed by atoms with van der Waals surface area (Å²) in [5.41, 5.74) is 7.30. The fourth-order valence-electron chi connectivity index (χ4n) is 0.990. The van der Waals surface area contributed by atoms with Gasteiger partial charge in [-0.05, 0) is 28.1 Å². The summed E-state index contributed by atoms with van der Waals surface area (Å²) < 4.78 is 1.54. The van der Waals surface area contributed by atoms with Crippen LogP contribution in [0.4, 0.5) is 0 Å². The Morgan fingerprint density at radius 1 is 1.46 bits per heavy atom. The van der Waals surface area contributed by atoms with Crippen molar-refractivity contribution in [1.29, 1.82) is 0 Å². The lowest BCUT2D eigenvalue weighted by molar-refractivity contribution is 0.788. The van der Waals surface area contributed by atoms with Gasteiger partial charge in [0.25, 0.3) is 0 Å². The number of nitrogens with zero attached hydrogens (tertiary/aromatic N) is 4. The summed E-state index contributed by atoms with van der Waals surface area (Å²) >= 11 is 0. The van der Waals surface area contributed by atoms with Crippen LogP contribution in [0.1, 0.15) is 5.56 Å². The van der Waals surface area contributed by atoms with Crippen LogP contribution in [0.25, 0.3) is 5.69 Å². The number of hydrogen-bond donors (Lipinski definition) is 1. The predicted molar refractivity (Wildman–Crippen MR) is 45.9 cm³/mol. The van der Waals surface area contributed by atoms with E-state index in [9.17, 15) is 0 Å². The van der Waals surface area contributed by atoms with E-state index < -0.39 is 0 Å². The maximum atomic E-state index is 5.45. The van der Waals surface area contributed by atoms with Crippen LogP contribution in [-0.2, 0) is 6.54 Å². The Kier molecular flexibility index (Phi) is 2.01. The SMILES string of the molecule is NCc1c[c]c(-n2cnnn2)cc1. The first kappa shape index (κ1) is 7.88. The van der Waals surface area contributed by atoms with Gasteiger partial charge < -0.3 is 5.73 Å². The van der Waals surface area contributed by atoms with E-state index in [1.807, 2.05) is 18.2 Å². The van der Waals surface area contributed by atoms with Crippen LogP contribution >= 0.6 is 0 Å². The van der Waals surface area contributed by atoms with Gasteiger partial charge in [0.05, 0.1) is 5.69 Å². The first-order valence-electron chi connectivity index (χ1n) is 3.84. The molecule has 1 radical (unpaired) electrons. The maximum absolute atomic E-state index is 5.45. The molecular weight excluding hydrogens is 166 g/mol. The van der Waals surface area contributed by atoms with Gasteiger partial charge in [-0.1, -0.05) is 6.07 Å². The molecule has 0 amide bonds. The molecule has 0 spiro atoms. The molecule has 2 rings (SSSR count). The fraction of sp³-hybridized carbons (Fsp3) is 0.125. The summed E-state index contributed by atoms with van der Waals surface area (Å²) in [6.07, 6.45) is 1.52. The highest BCUT2D eigenvalue weighted by atomic mass is 15.5. The number of nitrogens with two attached hydrogens (primary N) is 1. The van der Waals surface area contributed by atoms with Gasteiger partial charge in [-0.2, -0.15) is 4.68 Å². The van der Waals surface area contributed by atoms with E-state index in [1.165, 1.54) is 6.33 Å². The van der Waals surface area contributed by atoms with Crippen molar-refractivity contribution in [3.8, 4) is 5.69 Å². The number of benzene rings is 1. The number of rotatable bonds is 2. The van der Waals surface area contributed by atoms with Crippen LogP contribution in [0.3, 0.4) is 0 Å². The molecule has 0 aliphatic heterocycles. The largest absolute Gasteiger partial charge is 0.326 e. The maximum Gasteiger partial charge on any atom is 0.143 e. The average molecular weight is 174 g/mol. The summed E-state index contributed by atoms with van der Waals surface area (Å²) in [6, 6.07) is 8.66.